The lowest BCUT2D eigenvalue weighted by atomic mass is 10.1. The fourth-order valence-corrected chi connectivity index (χ4v) is 3.44. The number of halogens is 6. The molecule has 0 spiro atoms. The molecule has 37 heavy (non-hydrogen) atoms. The zero-order chi connectivity index (χ0) is 26.8. The molecule has 0 bridgehead atoms. The van der Waals surface area contributed by atoms with E-state index in [0.29, 0.717) is 16.8 Å². The average molecular weight is 521 g/mol. The molecule has 1 amide bonds. The van der Waals surface area contributed by atoms with Crippen LogP contribution in [-0.2, 0) is 12.4 Å². The van der Waals surface area contributed by atoms with Gasteiger partial charge in [0.15, 0.2) is 5.65 Å². The van der Waals surface area contributed by atoms with Crippen molar-refractivity contribution >= 4 is 28.3 Å². The van der Waals surface area contributed by atoms with Crippen molar-refractivity contribution in [2.45, 2.75) is 12.4 Å². The summed E-state index contributed by atoms with van der Waals surface area (Å²) < 4.78 is 79.5. The van der Waals surface area contributed by atoms with Crippen LogP contribution in [-0.4, -0.2) is 39.1 Å². The first-order valence-corrected chi connectivity index (χ1v) is 10.6. The number of carbonyl (C=O) groups is 1. The standard InChI is InChI=1S/C24H17F6N5O2/c25-23(26,27)13-1-3-14(4-2-13)33-17-9-10-31-21-15(17)5-7-18(35-21)20-16(24(28,29)30)6-8-19(34-20)22(37)32-11-12-36/h1-10,36H,11-12H2,(H,32,37)(H,31,33,35). The number of carbonyl (C=O) groups excluding carboxylic acids is 1. The summed E-state index contributed by atoms with van der Waals surface area (Å²) in [7, 11) is 0. The summed E-state index contributed by atoms with van der Waals surface area (Å²) >= 11 is 0. The van der Waals surface area contributed by atoms with Gasteiger partial charge in [-0.15, -0.1) is 0 Å². The molecule has 0 unspecified atom stereocenters. The van der Waals surface area contributed by atoms with Crippen molar-refractivity contribution in [1.29, 1.82) is 0 Å². The van der Waals surface area contributed by atoms with Crippen LogP contribution in [0.4, 0.5) is 37.7 Å². The number of anilines is 2. The van der Waals surface area contributed by atoms with Gasteiger partial charge >= 0.3 is 12.4 Å². The van der Waals surface area contributed by atoms with Gasteiger partial charge < -0.3 is 15.7 Å². The van der Waals surface area contributed by atoms with Crippen LogP contribution in [0.25, 0.3) is 22.4 Å². The number of aliphatic hydroxyl groups excluding tert-OH is 1. The van der Waals surface area contributed by atoms with Gasteiger partial charge in [0.25, 0.3) is 5.91 Å². The Balaban J connectivity index is 1.72. The molecule has 1 aromatic carbocycles. The highest BCUT2D eigenvalue weighted by Gasteiger charge is 2.35. The second-order valence-electron chi connectivity index (χ2n) is 7.70. The third-order valence-corrected chi connectivity index (χ3v) is 5.17. The first-order valence-electron chi connectivity index (χ1n) is 10.6. The van der Waals surface area contributed by atoms with Crippen LogP contribution in [0.1, 0.15) is 21.6 Å². The summed E-state index contributed by atoms with van der Waals surface area (Å²) in [5.41, 5.74) is -2.23. The molecule has 0 atom stereocenters. The van der Waals surface area contributed by atoms with Gasteiger partial charge in [0, 0.05) is 23.8 Å². The molecule has 3 aromatic heterocycles. The summed E-state index contributed by atoms with van der Waals surface area (Å²) in [6.07, 6.45) is -7.94. The second-order valence-corrected chi connectivity index (χ2v) is 7.70. The second kappa shape index (κ2) is 10.0. The minimum absolute atomic E-state index is 0.0412. The molecule has 3 heterocycles. The lowest BCUT2D eigenvalue weighted by Crippen LogP contribution is -2.27. The van der Waals surface area contributed by atoms with E-state index in [1.54, 1.807) is 0 Å². The Hall–Kier alpha value is -4.26. The fourth-order valence-electron chi connectivity index (χ4n) is 3.44. The average Bonchev–Trinajstić information content (AvgIpc) is 2.86. The maximum Gasteiger partial charge on any atom is 0.418 e. The normalized spacial score (nSPS) is 12.0. The van der Waals surface area contributed by atoms with Gasteiger partial charge in [-0.1, -0.05) is 0 Å². The van der Waals surface area contributed by atoms with Crippen molar-refractivity contribution in [3.63, 3.8) is 0 Å². The van der Waals surface area contributed by atoms with Crippen molar-refractivity contribution in [2.24, 2.45) is 0 Å². The largest absolute Gasteiger partial charge is 0.418 e. The number of benzene rings is 1. The Kier molecular flexibility index (Phi) is 6.99. The summed E-state index contributed by atoms with van der Waals surface area (Å²) in [4.78, 5) is 24.3. The number of aromatic nitrogens is 3. The molecule has 0 saturated carbocycles. The molecule has 0 saturated heterocycles. The number of nitrogens with one attached hydrogen (secondary N) is 2. The quantitative estimate of drug-likeness (QED) is 0.302. The topological polar surface area (TPSA) is 100 Å². The van der Waals surface area contributed by atoms with E-state index < -0.39 is 35.1 Å². The number of rotatable bonds is 6. The smallest absolute Gasteiger partial charge is 0.395 e. The summed E-state index contributed by atoms with van der Waals surface area (Å²) in [6, 6.07) is 10.2. The van der Waals surface area contributed by atoms with Gasteiger partial charge in [0.1, 0.15) is 11.4 Å². The minimum atomic E-state index is -4.79. The zero-order valence-corrected chi connectivity index (χ0v) is 18.7. The van der Waals surface area contributed by atoms with E-state index >= 15 is 0 Å². The number of fused-ring (bicyclic) bond motifs is 1. The predicted molar refractivity (Wildman–Crippen MR) is 122 cm³/mol. The summed E-state index contributed by atoms with van der Waals surface area (Å²) in [5, 5.41) is 14.5. The fraction of sp³-hybridized carbons (Fsp3) is 0.167. The van der Waals surface area contributed by atoms with E-state index in [9.17, 15) is 31.1 Å². The molecule has 3 N–H and O–H groups in total. The van der Waals surface area contributed by atoms with E-state index in [-0.39, 0.29) is 30.2 Å². The van der Waals surface area contributed by atoms with Gasteiger partial charge in [-0.05, 0) is 54.6 Å². The highest BCUT2D eigenvalue weighted by molar-refractivity contribution is 5.94. The third-order valence-electron chi connectivity index (χ3n) is 5.17. The maximum atomic E-state index is 13.7. The van der Waals surface area contributed by atoms with Crippen molar-refractivity contribution in [3.8, 4) is 11.4 Å². The first-order chi connectivity index (χ1) is 17.5. The molecule has 13 heteroatoms. The molecular weight excluding hydrogens is 504 g/mol. The van der Waals surface area contributed by atoms with Crippen LogP contribution in [0.2, 0.25) is 0 Å². The maximum absolute atomic E-state index is 13.7. The van der Waals surface area contributed by atoms with Crippen molar-refractivity contribution < 1.29 is 36.2 Å². The zero-order valence-electron chi connectivity index (χ0n) is 18.7. The Labute approximate surface area is 205 Å². The molecular formula is C24H17F6N5O2. The lowest BCUT2D eigenvalue weighted by molar-refractivity contribution is -0.138. The molecule has 0 aliphatic rings. The van der Waals surface area contributed by atoms with Crippen molar-refractivity contribution in [1.82, 2.24) is 20.3 Å². The summed E-state index contributed by atoms with van der Waals surface area (Å²) in [5.74, 6) is -0.772. The van der Waals surface area contributed by atoms with Gasteiger partial charge in [-0.25, -0.2) is 15.0 Å². The van der Waals surface area contributed by atoms with E-state index in [4.69, 9.17) is 5.11 Å². The van der Waals surface area contributed by atoms with Crippen LogP contribution in [0.15, 0.2) is 60.8 Å². The number of aliphatic hydroxyl groups is 1. The monoisotopic (exact) mass is 521 g/mol. The molecule has 0 radical (unpaired) electrons. The highest BCUT2D eigenvalue weighted by atomic mass is 19.4. The molecule has 192 valence electrons. The van der Waals surface area contributed by atoms with Gasteiger partial charge in [-0.2, -0.15) is 26.3 Å². The van der Waals surface area contributed by atoms with E-state index in [0.717, 1.165) is 24.3 Å². The Morgan fingerprint density at radius 2 is 1.59 bits per heavy atom. The predicted octanol–water partition coefficient (Wildman–Crippen LogP) is 5.20. The van der Waals surface area contributed by atoms with Crippen LogP contribution < -0.4 is 10.6 Å². The van der Waals surface area contributed by atoms with Crippen molar-refractivity contribution in [2.75, 3.05) is 18.5 Å². The molecule has 7 nitrogen and oxygen atoms in total. The van der Waals surface area contributed by atoms with E-state index in [1.807, 2.05) is 0 Å². The van der Waals surface area contributed by atoms with Gasteiger partial charge in [-0.3, -0.25) is 4.79 Å². The van der Waals surface area contributed by atoms with E-state index in [2.05, 4.69) is 25.6 Å². The van der Waals surface area contributed by atoms with Crippen molar-refractivity contribution in [3.05, 3.63) is 77.6 Å². The van der Waals surface area contributed by atoms with Gasteiger partial charge in [0.2, 0.25) is 0 Å². The van der Waals surface area contributed by atoms with Crippen LogP contribution in [0.3, 0.4) is 0 Å². The highest BCUT2D eigenvalue weighted by Crippen LogP contribution is 2.37. The number of pyridine rings is 3. The number of hydrogen-bond donors (Lipinski definition) is 3. The minimum Gasteiger partial charge on any atom is -0.395 e. The molecule has 0 fully saturated rings. The number of hydrogen-bond acceptors (Lipinski definition) is 6. The first kappa shape index (κ1) is 25.8. The van der Waals surface area contributed by atoms with Gasteiger partial charge in [0.05, 0.1) is 29.1 Å². The Morgan fingerprint density at radius 1 is 0.865 bits per heavy atom. The molecule has 0 aliphatic heterocycles. The number of alkyl halides is 6. The molecule has 0 aliphatic carbocycles. The number of amides is 1. The summed E-state index contributed by atoms with van der Waals surface area (Å²) in [6.45, 7) is -0.469. The number of nitrogens with zero attached hydrogens (tertiary/aromatic N) is 3. The molecule has 4 rings (SSSR count). The molecule has 4 aromatic rings. The lowest BCUT2D eigenvalue weighted by Gasteiger charge is -2.14. The Bertz CT molecular complexity index is 1440. The van der Waals surface area contributed by atoms with Crippen LogP contribution in [0.5, 0.6) is 0 Å². The van der Waals surface area contributed by atoms with Crippen LogP contribution >= 0.6 is 0 Å². The van der Waals surface area contributed by atoms with Crippen LogP contribution in [0, 0.1) is 0 Å². The Morgan fingerprint density at radius 3 is 2.24 bits per heavy atom. The third kappa shape index (κ3) is 5.77. The SMILES string of the molecule is O=C(NCCO)c1ccc(C(F)(F)F)c(-c2ccc3c(Nc4ccc(C(F)(F)F)cc4)ccnc3n2)n1. The van der Waals surface area contributed by atoms with E-state index in [1.165, 1.54) is 36.5 Å².